The summed E-state index contributed by atoms with van der Waals surface area (Å²) in [6.07, 6.45) is -4.38. The average molecular weight is 281 g/mol. The van der Waals surface area contributed by atoms with Crippen LogP contribution in [0.2, 0.25) is 0 Å². The van der Waals surface area contributed by atoms with Crippen LogP contribution in [0.15, 0.2) is 24.3 Å². The number of nitrogens with two attached hydrogens (primary N) is 1. The minimum atomic E-state index is -4.38. The van der Waals surface area contributed by atoms with Crippen LogP contribution in [0, 0.1) is 0 Å². The van der Waals surface area contributed by atoms with Crippen LogP contribution in [0.1, 0.15) is 5.56 Å². The summed E-state index contributed by atoms with van der Waals surface area (Å²) in [4.78, 5) is 4.21. The van der Waals surface area contributed by atoms with Crippen molar-refractivity contribution in [3.8, 4) is 11.5 Å². The maximum atomic E-state index is 12.7. The summed E-state index contributed by atoms with van der Waals surface area (Å²) in [6, 6.07) is 5.04. The molecule has 0 saturated carbocycles. The average Bonchev–Trinajstić information content (AvgIpc) is 2.92. The Bertz CT molecular complexity index is 784. The van der Waals surface area contributed by atoms with Crippen LogP contribution in [0.25, 0.3) is 22.6 Å². The van der Waals surface area contributed by atoms with Crippen molar-refractivity contribution in [1.82, 2.24) is 19.7 Å². The topological polar surface area (TPSA) is 72.5 Å². The molecule has 2 heterocycles. The highest BCUT2D eigenvalue weighted by Crippen LogP contribution is 2.32. The molecule has 8 heteroatoms. The number of aromatic amines is 1. The summed E-state index contributed by atoms with van der Waals surface area (Å²) >= 11 is 0. The van der Waals surface area contributed by atoms with Crippen LogP contribution < -0.4 is 5.73 Å². The molecule has 5 nitrogen and oxygen atoms in total. The van der Waals surface area contributed by atoms with E-state index in [-0.39, 0.29) is 5.52 Å². The quantitative estimate of drug-likeness (QED) is 0.720. The van der Waals surface area contributed by atoms with Crippen molar-refractivity contribution in [3.05, 3.63) is 29.8 Å². The van der Waals surface area contributed by atoms with Crippen molar-refractivity contribution >= 4 is 16.9 Å². The monoisotopic (exact) mass is 281 g/mol. The highest BCUT2D eigenvalue weighted by atomic mass is 19.4. The Hall–Kier alpha value is -2.51. The number of hydrogen-bond donors (Lipinski definition) is 2. The predicted octanol–water partition coefficient (Wildman–Crippen LogP) is 2.56. The molecule has 0 spiro atoms. The lowest BCUT2D eigenvalue weighted by Gasteiger charge is -2.05. The zero-order valence-corrected chi connectivity index (χ0v) is 10.4. The first-order valence-electron chi connectivity index (χ1n) is 5.71. The Morgan fingerprint density at radius 1 is 1.25 bits per heavy atom. The number of fused-ring (bicyclic) bond motifs is 1. The van der Waals surface area contributed by atoms with Crippen molar-refractivity contribution in [1.29, 1.82) is 0 Å². The van der Waals surface area contributed by atoms with Gasteiger partial charge in [-0.05, 0) is 18.2 Å². The third-order valence-corrected chi connectivity index (χ3v) is 3.05. The second kappa shape index (κ2) is 3.99. The van der Waals surface area contributed by atoms with Gasteiger partial charge < -0.3 is 10.3 Å². The molecule has 1 aromatic carbocycles. The van der Waals surface area contributed by atoms with Gasteiger partial charge in [-0.1, -0.05) is 0 Å². The Kier molecular flexibility index (Phi) is 2.50. The molecule has 0 aliphatic rings. The number of halogens is 3. The number of hydrogen-bond acceptors (Lipinski definition) is 3. The van der Waals surface area contributed by atoms with Gasteiger partial charge in [0.05, 0.1) is 16.6 Å². The zero-order chi connectivity index (χ0) is 14.5. The van der Waals surface area contributed by atoms with Crippen LogP contribution in [-0.4, -0.2) is 19.7 Å². The number of alkyl halides is 3. The van der Waals surface area contributed by atoms with Crippen LogP contribution in [0.3, 0.4) is 0 Å². The summed E-state index contributed by atoms with van der Waals surface area (Å²) < 4.78 is 39.7. The van der Waals surface area contributed by atoms with Crippen LogP contribution in [-0.2, 0) is 13.2 Å². The smallest absolute Gasteiger partial charge is 0.382 e. The molecular formula is C12H10F3N5. The molecule has 20 heavy (non-hydrogen) atoms. The second-order valence-electron chi connectivity index (χ2n) is 4.40. The summed E-state index contributed by atoms with van der Waals surface area (Å²) in [6.45, 7) is 0. The lowest BCUT2D eigenvalue weighted by atomic mass is 10.2. The molecule has 3 N–H and O–H groups in total. The van der Waals surface area contributed by atoms with E-state index in [1.165, 1.54) is 6.07 Å². The second-order valence-corrected chi connectivity index (χ2v) is 4.40. The van der Waals surface area contributed by atoms with Gasteiger partial charge >= 0.3 is 6.18 Å². The van der Waals surface area contributed by atoms with Crippen LogP contribution in [0.5, 0.6) is 0 Å². The van der Waals surface area contributed by atoms with Crippen LogP contribution in [0.4, 0.5) is 19.0 Å². The summed E-state index contributed by atoms with van der Waals surface area (Å²) in [7, 11) is 1.72. The normalized spacial score (nSPS) is 12.2. The molecule has 0 amide bonds. The lowest BCUT2D eigenvalue weighted by Crippen LogP contribution is -2.04. The highest BCUT2D eigenvalue weighted by Gasteiger charge is 2.31. The Morgan fingerprint density at radius 2 is 2.00 bits per heavy atom. The first-order chi connectivity index (χ1) is 9.36. The number of nitrogens with one attached hydrogen (secondary N) is 1. The molecule has 104 valence electrons. The number of H-pyrrole nitrogens is 1. The van der Waals surface area contributed by atoms with E-state index in [1.54, 1.807) is 17.7 Å². The molecule has 2 aromatic heterocycles. The van der Waals surface area contributed by atoms with Gasteiger partial charge in [0.15, 0.2) is 5.82 Å². The predicted molar refractivity (Wildman–Crippen MR) is 67.7 cm³/mol. The fourth-order valence-electron chi connectivity index (χ4n) is 2.07. The summed E-state index contributed by atoms with van der Waals surface area (Å²) in [5, 5.41) is 6.47. The number of nitrogen functional groups attached to an aromatic ring is 1. The van der Waals surface area contributed by atoms with Gasteiger partial charge in [-0.15, -0.1) is 0 Å². The first kappa shape index (κ1) is 12.5. The van der Waals surface area contributed by atoms with E-state index in [0.717, 1.165) is 12.1 Å². The number of anilines is 1. The first-order valence-corrected chi connectivity index (χ1v) is 5.71. The fourth-order valence-corrected chi connectivity index (χ4v) is 2.07. The largest absolute Gasteiger partial charge is 0.416 e. The van der Waals surface area contributed by atoms with Crippen molar-refractivity contribution < 1.29 is 13.2 Å². The van der Waals surface area contributed by atoms with Gasteiger partial charge in [-0.25, -0.2) is 4.98 Å². The SMILES string of the molecule is Cn1c(-c2cc(N)n[nH]2)nc2cc(C(F)(F)F)ccc21. The molecule has 0 fully saturated rings. The van der Waals surface area contributed by atoms with E-state index in [0.29, 0.717) is 22.9 Å². The molecule has 0 aliphatic carbocycles. The lowest BCUT2D eigenvalue weighted by molar-refractivity contribution is -0.137. The van der Waals surface area contributed by atoms with E-state index in [9.17, 15) is 13.2 Å². The minimum Gasteiger partial charge on any atom is -0.382 e. The van der Waals surface area contributed by atoms with Crippen molar-refractivity contribution in [2.45, 2.75) is 6.18 Å². The van der Waals surface area contributed by atoms with E-state index < -0.39 is 11.7 Å². The Labute approximate surface area is 111 Å². The van der Waals surface area contributed by atoms with Gasteiger partial charge in [0.25, 0.3) is 0 Å². The molecule has 0 aliphatic heterocycles. The van der Waals surface area contributed by atoms with Gasteiger partial charge in [-0.2, -0.15) is 18.3 Å². The molecule has 0 saturated heterocycles. The summed E-state index contributed by atoms with van der Waals surface area (Å²) in [5.74, 6) is 0.770. The molecule has 3 aromatic rings. The van der Waals surface area contributed by atoms with Gasteiger partial charge in [0, 0.05) is 13.1 Å². The highest BCUT2D eigenvalue weighted by molar-refractivity contribution is 5.81. The van der Waals surface area contributed by atoms with Crippen molar-refractivity contribution in [2.24, 2.45) is 7.05 Å². The minimum absolute atomic E-state index is 0.269. The van der Waals surface area contributed by atoms with Gasteiger partial charge in [-0.3, -0.25) is 5.10 Å². The van der Waals surface area contributed by atoms with E-state index >= 15 is 0 Å². The molecule has 3 rings (SSSR count). The summed E-state index contributed by atoms with van der Waals surface area (Å²) in [5.41, 5.74) is 6.21. The van der Waals surface area contributed by atoms with E-state index in [4.69, 9.17) is 5.73 Å². The third kappa shape index (κ3) is 1.89. The van der Waals surface area contributed by atoms with Crippen molar-refractivity contribution in [3.63, 3.8) is 0 Å². The van der Waals surface area contributed by atoms with E-state index in [1.807, 2.05) is 0 Å². The standard InChI is InChI=1S/C12H10F3N5/c1-20-9-3-2-6(12(13,14)15)4-7(9)17-11(20)8-5-10(16)19-18-8/h2-5H,1H3,(H3,16,18,19). The molecule has 0 unspecified atom stereocenters. The van der Waals surface area contributed by atoms with Gasteiger partial charge in [0.1, 0.15) is 11.5 Å². The number of imidazole rings is 1. The number of rotatable bonds is 1. The zero-order valence-electron chi connectivity index (χ0n) is 10.4. The Balaban J connectivity index is 2.19. The number of aromatic nitrogens is 4. The number of nitrogens with zero attached hydrogens (tertiary/aromatic N) is 3. The molecule has 0 radical (unpaired) electrons. The molecule has 0 bridgehead atoms. The number of benzene rings is 1. The van der Waals surface area contributed by atoms with Crippen LogP contribution >= 0.6 is 0 Å². The third-order valence-electron chi connectivity index (χ3n) is 3.05. The Morgan fingerprint density at radius 3 is 2.60 bits per heavy atom. The number of aryl methyl sites for hydroxylation is 1. The molecular weight excluding hydrogens is 271 g/mol. The maximum Gasteiger partial charge on any atom is 0.416 e. The van der Waals surface area contributed by atoms with Crippen molar-refractivity contribution in [2.75, 3.05) is 5.73 Å². The van der Waals surface area contributed by atoms with Gasteiger partial charge in [0.2, 0.25) is 0 Å². The maximum absolute atomic E-state index is 12.7. The van der Waals surface area contributed by atoms with E-state index in [2.05, 4.69) is 15.2 Å². The fraction of sp³-hybridized carbons (Fsp3) is 0.167. The molecule has 0 atom stereocenters.